The SMILES string of the molecule is c1ccc(-c2ccc(N(c3ccc(-c4ccc5cccc(-c6ccccc6)c5c4)cc3)c3ccc4ccc5ccccc5c4c3)cc2-c2ccccc2)cc1. The molecule has 0 amide bonds. The fourth-order valence-electron chi connectivity index (χ4n) is 8.10. The number of nitrogens with zero attached hydrogens (tertiary/aromatic N) is 1. The van der Waals surface area contributed by atoms with Crippen molar-refractivity contribution in [3.63, 3.8) is 0 Å². The summed E-state index contributed by atoms with van der Waals surface area (Å²) in [5.41, 5.74) is 13.0. The van der Waals surface area contributed by atoms with Gasteiger partial charge in [0.2, 0.25) is 0 Å². The molecular formula is C54H37N. The van der Waals surface area contributed by atoms with Gasteiger partial charge in [-0.2, -0.15) is 0 Å². The van der Waals surface area contributed by atoms with Crippen LogP contribution >= 0.6 is 0 Å². The maximum Gasteiger partial charge on any atom is 0.0468 e. The molecule has 0 N–H and O–H groups in total. The third kappa shape index (κ3) is 6.12. The van der Waals surface area contributed by atoms with Crippen molar-refractivity contribution in [1.82, 2.24) is 0 Å². The van der Waals surface area contributed by atoms with Crippen LogP contribution < -0.4 is 4.90 Å². The van der Waals surface area contributed by atoms with Gasteiger partial charge in [-0.15, -0.1) is 0 Å². The zero-order valence-corrected chi connectivity index (χ0v) is 30.3. The van der Waals surface area contributed by atoms with Crippen molar-refractivity contribution in [1.29, 1.82) is 0 Å². The molecule has 1 heteroatoms. The summed E-state index contributed by atoms with van der Waals surface area (Å²) < 4.78 is 0. The molecule has 0 bridgehead atoms. The lowest BCUT2D eigenvalue weighted by Gasteiger charge is -2.27. The third-order valence-electron chi connectivity index (χ3n) is 10.8. The van der Waals surface area contributed by atoms with Crippen molar-refractivity contribution in [3.8, 4) is 44.5 Å². The number of rotatable bonds is 7. The van der Waals surface area contributed by atoms with Crippen LogP contribution in [0.25, 0.3) is 76.8 Å². The largest absolute Gasteiger partial charge is 0.310 e. The Hall–Kier alpha value is -7.22. The predicted molar refractivity (Wildman–Crippen MR) is 235 cm³/mol. The van der Waals surface area contributed by atoms with Gasteiger partial charge in [0.25, 0.3) is 0 Å². The quantitative estimate of drug-likeness (QED) is 0.150. The highest BCUT2D eigenvalue weighted by atomic mass is 15.1. The molecule has 55 heavy (non-hydrogen) atoms. The van der Waals surface area contributed by atoms with Crippen molar-refractivity contribution < 1.29 is 0 Å². The average Bonchev–Trinajstić information content (AvgIpc) is 3.27. The first-order valence-electron chi connectivity index (χ1n) is 18.9. The smallest absolute Gasteiger partial charge is 0.0468 e. The van der Waals surface area contributed by atoms with E-state index in [9.17, 15) is 0 Å². The molecule has 0 aliphatic heterocycles. The van der Waals surface area contributed by atoms with Gasteiger partial charge in [0, 0.05) is 17.1 Å². The molecule has 0 heterocycles. The molecule has 0 aliphatic carbocycles. The van der Waals surface area contributed by atoms with E-state index in [1.807, 2.05) is 0 Å². The first-order valence-corrected chi connectivity index (χ1v) is 18.9. The van der Waals surface area contributed by atoms with E-state index < -0.39 is 0 Å². The minimum absolute atomic E-state index is 1.10. The van der Waals surface area contributed by atoms with Crippen LogP contribution in [-0.4, -0.2) is 0 Å². The van der Waals surface area contributed by atoms with Crippen LogP contribution in [0.1, 0.15) is 0 Å². The van der Waals surface area contributed by atoms with E-state index in [1.54, 1.807) is 0 Å². The molecular weight excluding hydrogens is 663 g/mol. The third-order valence-corrected chi connectivity index (χ3v) is 10.8. The Bertz CT molecular complexity index is 2950. The second kappa shape index (κ2) is 14.0. The van der Waals surface area contributed by atoms with Crippen molar-refractivity contribution in [2.75, 3.05) is 4.90 Å². The maximum absolute atomic E-state index is 2.40. The highest BCUT2D eigenvalue weighted by molar-refractivity contribution is 6.09. The molecule has 0 aromatic heterocycles. The monoisotopic (exact) mass is 699 g/mol. The van der Waals surface area contributed by atoms with Crippen LogP contribution in [0.3, 0.4) is 0 Å². The van der Waals surface area contributed by atoms with Crippen LogP contribution in [0.15, 0.2) is 224 Å². The second-order valence-electron chi connectivity index (χ2n) is 14.1. The Morgan fingerprint density at radius 3 is 1.44 bits per heavy atom. The first-order chi connectivity index (χ1) is 27.3. The minimum atomic E-state index is 1.10. The Balaban J connectivity index is 1.13. The second-order valence-corrected chi connectivity index (χ2v) is 14.1. The molecule has 10 aromatic carbocycles. The first kappa shape index (κ1) is 32.4. The van der Waals surface area contributed by atoms with E-state index in [-0.39, 0.29) is 0 Å². The highest BCUT2D eigenvalue weighted by Gasteiger charge is 2.18. The number of fused-ring (bicyclic) bond motifs is 4. The van der Waals surface area contributed by atoms with Crippen LogP contribution in [0, 0.1) is 0 Å². The summed E-state index contributed by atoms with van der Waals surface area (Å²) in [6.45, 7) is 0. The van der Waals surface area contributed by atoms with Gasteiger partial charge < -0.3 is 4.90 Å². The van der Waals surface area contributed by atoms with Gasteiger partial charge in [0.15, 0.2) is 0 Å². The summed E-state index contributed by atoms with van der Waals surface area (Å²) in [5.74, 6) is 0. The van der Waals surface area contributed by atoms with E-state index in [0.717, 1.165) is 17.1 Å². The lowest BCUT2D eigenvalue weighted by atomic mass is 9.93. The van der Waals surface area contributed by atoms with E-state index in [2.05, 4.69) is 229 Å². The van der Waals surface area contributed by atoms with E-state index in [1.165, 1.54) is 76.8 Å². The zero-order valence-electron chi connectivity index (χ0n) is 30.3. The van der Waals surface area contributed by atoms with Crippen molar-refractivity contribution in [2.45, 2.75) is 0 Å². The van der Waals surface area contributed by atoms with Crippen molar-refractivity contribution in [3.05, 3.63) is 224 Å². The van der Waals surface area contributed by atoms with Gasteiger partial charge >= 0.3 is 0 Å². The van der Waals surface area contributed by atoms with E-state index in [4.69, 9.17) is 0 Å². The Kier molecular flexibility index (Phi) is 8.24. The summed E-state index contributed by atoms with van der Waals surface area (Å²) in [6, 6.07) is 81.5. The molecule has 0 fully saturated rings. The Labute approximate surface area is 322 Å². The predicted octanol–water partition coefficient (Wildman–Crippen LogP) is 15.3. The topological polar surface area (TPSA) is 3.24 Å². The fraction of sp³-hybridized carbons (Fsp3) is 0. The van der Waals surface area contributed by atoms with E-state index >= 15 is 0 Å². The number of hydrogen-bond donors (Lipinski definition) is 0. The molecule has 10 aromatic rings. The lowest BCUT2D eigenvalue weighted by molar-refractivity contribution is 1.29. The summed E-state index contributed by atoms with van der Waals surface area (Å²) >= 11 is 0. The highest BCUT2D eigenvalue weighted by Crippen LogP contribution is 2.43. The van der Waals surface area contributed by atoms with Gasteiger partial charge in [0.05, 0.1) is 0 Å². The van der Waals surface area contributed by atoms with Crippen LogP contribution in [0.5, 0.6) is 0 Å². The van der Waals surface area contributed by atoms with Gasteiger partial charge in [-0.25, -0.2) is 0 Å². The van der Waals surface area contributed by atoms with Crippen LogP contribution in [0.4, 0.5) is 17.1 Å². The average molecular weight is 700 g/mol. The lowest BCUT2D eigenvalue weighted by Crippen LogP contribution is -2.10. The molecule has 0 aliphatic rings. The molecule has 0 spiro atoms. The van der Waals surface area contributed by atoms with Crippen LogP contribution in [-0.2, 0) is 0 Å². The minimum Gasteiger partial charge on any atom is -0.310 e. The fourth-order valence-corrected chi connectivity index (χ4v) is 8.10. The summed E-state index contributed by atoms with van der Waals surface area (Å²) in [7, 11) is 0. The Morgan fingerprint density at radius 1 is 0.218 bits per heavy atom. The molecule has 0 atom stereocenters. The van der Waals surface area contributed by atoms with Gasteiger partial charge in [-0.3, -0.25) is 0 Å². The normalized spacial score (nSPS) is 11.3. The van der Waals surface area contributed by atoms with Gasteiger partial charge in [0.1, 0.15) is 0 Å². The number of hydrogen-bond acceptors (Lipinski definition) is 1. The van der Waals surface area contributed by atoms with Gasteiger partial charge in [-0.05, 0) is 119 Å². The molecule has 1 nitrogen and oxygen atoms in total. The molecule has 258 valence electrons. The molecule has 10 rings (SSSR count). The number of benzene rings is 10. The molecule has 0 radical (unpaired) electrons. The number of anilines is 3. The summed E-state index contributed by atoms with van der Waals surface area (Å²) in [6.07, 6.45) is 0. The summed E-state index contributed by atoms with van der Waals surface area (Å²) in [5, 5.41) is 7.47. The maximum atomic E-state index is 2.40. The zero-order chi connectivity index (χ0) is 36.6. The Morgan fingerprint density at radius 2 is 0.709 bits per heavy atom. The van der Waals surface area contributed by atoms with Crippen molar-refractivity contribution >= 4 is 49.4 Å². The summed E-state index contributed by atoms with van der Waals surface area (Å²) in [4.78, 5) is 2.40. The molecule has 0 saturated heterocycles. The van der Waals surface area contributed by atoms with Crippen molar-refractivity contribution in [2.24, 2.45) is 0 Å². The standard InChI is InChI=1S/C54H37N/c1-4-13-39(14-5-1)50-22-12-20-43-25-26-45(35-52(43)50)38-27-30-46(31-28-38)55(47-32-29-44-24-23-42-19-10-11-21-49(42)54(44)36-47)48-33-34-51(40-15-6-2-7-16-40)53(37-48)41-17-8-3-9-18-41/h1-37H. The van der Waals surface area contributed by atoms with Crippen LogP contribution in [0.2, 0.25) is 0 Å². The van der Waals surface area contributed by atoms with E-state index in [0.29, 0.717) is 0 Å². The molecule has 0 saturated carbocycles. The molecule has 0 unspecified atom stereocenters. The van der Waals surface area contributed by atoms with Gasteiger partial charge in [-0.1, -0.05) is 182 Å².